The molecule has 1 aromatic rings. The van der Waals surface area contributed by atoms with Gasteiger partial charge in [0.15, 0.2) is 0 Å². The second-order valence-corrected chi connectivity index (χ2v) is 4.59. The van der Waals surface area contributed by atoms with Crippen LogP contribution in [0.15, 0.2) is 12.3 Å². The standard InChI is InChI=1S/C13H15N3O3/c1-9-2-5-15-11(10(9)8-14)16-13(12(17)18)3-6-19-7-4-13/h2,5H,3-4,6-7H2,1H3,(H,15,16)(H,17,18). The Morgan fingerprint density at radius 1 is 1.58 bits per heavy atom. The summed E-state index contributed by atoms with van der Waals surface area (Å²) in [5.74, 6) is -0.616. The highest BCUT2D eigenvalue weighted by Crippen LogP contribution is 2.27. The van der Waals surface area contributed by atoms with Gasteiger partial charge in [-0.25, -0.2) is 9.78 Å². The van der Waals surface area contributed by atoms with Crippen LogP contribution in [0.25, 0.3) is 0 Å². The number of nitriles is 1. The van der Waals surface area contributed by atoms with Gasteiger partial charge in [0.25, 0.3) is 0 Å². The first-order chi connectivity index (χ1) is 9.09. The minimum absolute atomic E-state index is 0.326. The van der Waals surface area contributed by atoms with Crippen LogP contribution in [0.2, 0.25) is 0 Å². The number of nitrogens with one attached hydrogen (secondary N) is 1. The van der Waals surface area contributed by atoms with Gasteiger partial charge in [-0.05, 0) is 18.6 Å². The number of anilines is 1. The van der Waals surface area contributed by atoms with Gasteiger partial charge in [0.1, 0.15) is 17.4 Å². The maximum Gasteiger partial charge on any atom is 0.329 e. The summed E-state index contributed by atoms with van der Waals surface area (Å²) in [5.41, 5.74) is 0.0483. The molecule has 100 valence electrons. The zero-order chi connectivity index (χ0) is 13.9. The summed E-state index contributed by atoms with van der Waals surface area (Å²) >= 11 is 0. The first-order valence-electron chi connectivity index (χ1n) is 6.04. The number of ether oxygens (including phenoxy) is 1. The monoisotopic (exact) mass is 261 g/mol. The molecule has 2 rings (SSSR count). The molecule has 1 aliphatic rings. The van der Waals surface area contributed by atoms with Crippen molar-refractivity contribution in [2.75, 3.05) is 18.5 Å². The van der Waals surface area contributed by atoms with E-state index in [1.54, 1.807) is 19.2 Å². The Labute approximate surface area is 111 Å². The van der Waals surface area contributed by atoms with Crippen LogP contribution in [0.4, 0.5) is 5.82 Å². The van der Waals surface area contributed by atoms with Crippen molar-refractivity contribution in [1.29, 1.82) is 5.26 Å². The lowest BCUT2D eigenvalue weighted by molar-refractivity contribution is -0.145. The van der Waals surface area contributed by atoms with E-state index in [0.29, 0.717) is 37.4 Å². The highest BCUT2D eigenvalue weighted by atomic mass is 16.5. The van der Waals surface area contributed by atoms with Crippen LogP contribution >= 0.6 is 0 Å². The van der Waals surface area contributed by atoms with E-state index in [1.165, 1.54) is 0 Å². The van der Waals surface area contributed by atoms with E-state index < -0.39 is 11.5 Å². The molecule has 0 bridgehead atoms. The molecule has 0 saturated carbocycles. The summed E-state index contributed by atoms with van der Waals surface area (Å²) in [4.78, 5) is 15.6. The SMILES string of the molecule is Cc1ccnc(NC2(C(=O)O)CCOCC2)c1C#N. The number of pyridine rings is 1. The number of aryl methyl sites for hydroxylation is 1. The minimum Gasteiger partial charge on any atom is -0.480 e. The lowest BCUT2D eigenvalue weighted by Gasteiger charge is -2.34. The molecule has 0 aliphatic carbocycles. The molecule has 19 heavy (non-hydrogen) atoms. The molecule has 0 atom stereocenters. The zero-order valence-corrected chi connectivity index (χ0v) is 10.6. The molecular weight excluding hydrogens is 246 g/mol. The van der Waals surface area contributed by atoms with Crippen molar-refractivity contribution in [2.24, 2.45) is 0 Å². The van der Waals surface area contributed by atoms with Crippen LogP contribution in [0, 0.1) is 18.3 Å². The average Bonchev–Trinajstić information content (AvgIpc) is 2.40. The predicted molar refractivity (Wildman–Crippen MR) is 67.7 cm³/mol. The van der Waals surface area contributed by atoms with Gasteiger partial charge in [-0.3, -0.25) is 0 Å². The lowest BCUT2D eigenvalue weighted by Crippen LogP contribution is -2.50. The molecule has 0 spiro atoms. The second-order valence-electron chi connectivity index (χ2n) is 4.59. The van der Waals surface area contributed by atoms with Crippen LogP contribution < -0.4 is 5.32 Å². The van der Waals surface area contributed by atoms with Gasteiger partial charge >= 0.3 is 5.97 Å². The van der Waals surface area contributed by atoms with Crippen molar-refractivity contribution in [1.82, 2.24) is 4.98 Å². The van der Waals surface area contributed by atoms with Crippen molar-refractivity contribution in [3.05, 3.63) is 23.4 Å². The van der Waals surface area contributed by atoms with Crippen molar-refractivity contribution in [3.63, 3.8) is 0 Å². The number of aromatic nitrogens is 1. The topological polar surface area (TPSA) is 95.2 Å². The number of hydrogen-bond donors (Lipinski definition) is 2. The Kier molecular flexibility index (Phi) is 3.67. The van der Waals surface area contributed by atoms with Gasteiger partial charge in [0.05, 0.1) is 5.56 Å². The maximum atomic E-state index is 11.5. The quantitative estimate of drug-likeness (QED) is 0.851. The highest BCUT2D eigenvalue weighted by Gasteiger charge is 2.41. The minimum atomic E-state index is -1.11. The van der Waals surface area contributed by atoms with Crippen LogP contribution in [0.3, 0.4) is 0 Å². The molecule has 1 saturated heterocycles. The number of carboxylic acid groups (broad SMARTS) is 1. The van der Waals surface area contributed by atoms with E-state index in [0.717, 1.165) is 5.56 Å². The van der Waals surface area contributed by atoms with E-state index in [1.807, 2.05) is 0 Å². The van der Waals surface area contributed by atoms with Gasteiger partial charge < -0.3 is 15.2 Å². The van der Waals surface area contributed by atoms with E-state index >= 15 is 0 Å². The zero-order valence-electron chi connectivity index (χ0n) is 10.6. The first-order valence-corrected chi connectivity index (χ1v) is 6.04. The van der Waals surface area contributed by atoms with Crippen LogP contribution in [0.5, 0.6) is 0 Å². The van der Waals surface area contributed by atoms with Gasteiger partial charge in [0.2, 0.25) is 0 Å². The molecule has 1 fully saturated rings. The third kappa shape index (κ3) is 2.51. The van der Waals surface area contributed by atoms with Gasteiger partial charge in [-0.1, -0.05) is 0 Å². The summed E-state index contributed by atoms with van der Waals surface area (Å²) in [6.45, 7) is 2.56. The average molecular weight is 261 g/mol. The molecule has 6 nitrogen and oxygen atoms in total. The number of carboxylic acids is 1. The number of rotatable bonds is 3. The Balaban J connectivity index is 2.35. The van der Waals surface area contributed by atoms with Crippen LogP contribution in [0.1, 0.15) is 24.0 Å². The van der Waals surface area contributed by atoms with Crippen molar-refractivity contribution >= 4 is 11.8 Å². The summed E-state index contributed by atoms with van der Waals surface area (Å²) in [6.07, 6.45) is 2.26. The maximum absolute atomic E-state index is 11.5. The summed E-state index contributed by atoms with van der Waals surface area (Å²) in [7, 11) is 0. The molecule has 0 radical (unpaired) electrons. The van der Waals surface area contributed by atoms with Crippen molar-refractivity contribution in [3.8, 4) is 6.07 Å². The highest BCUT2D eigenvalue weighted by molar-refractivity contribution is 5.83. The molecular formula is C13H15N3O3. The van der Waals surface area contributed by atoms with Gasteiger partial charge in [-0.15, -0.1) is 0 Å². The van der Waals surface area contributed by atoms with Crippen LogP contribution in [-0.4, -0.2) is 34.8 Å². The summed E-state index contributed by atoms with van der Waals surface area (Å²) in [5, 5.41) is 21.5. The Morgan fingerprint density at radius 3 is 2.84 bits per heavy atom. The molecule has 1 aliphatic heterocycles. The molecule has 1 aromatic heterocycles. The third-order valence-corrected chi connectivity index (χ3v) is 3.38. The third-order valence-electron chi connectivity index (χ3n) is 3.38. The lowest BCUT2D eigenvalue weighted by atomic mass is 9.90. The summed E-state index contributed by atoms with van der Waals surface area (Å²) < 4.78 is 5.20. The molecule has 0 amide bonds. The van der Waals surface area contributed by atoms with Gasteiger partial charge in [-0.2, -0.15) is 5.26 Å². The molecule has 0 unspecified atom stereocenters. The van der Waals surface area contributed by atoms with E-state index in [-0.39, 0.29) is 0 Å². The fraction of sp³-hybridized carbons (Fsp3) is 0.462. The predicted octanol–water partition coefficient (Wildman–Crippen LogP) is 1.31. The number of hydrogen-bond acceptors (Lipinski definition) is 5. The fourth-order valence-corrected chi connectivity index (χ4v) is 2.13. The normalized spacial score (nSPS) is 17.5. The fourth-order valence-electron chi connectivity index (χ4n) is 2.13. The largest absolute Gasteiger partial charge is 0.480 e. The molecule has 2 heterocycles. The second kappa shape index (κ2) is 5.24. The Bertz CT molecular complexity index is 530. The Hall–Kier alpha value is -2.13. The number of nitrogens with zero attached hydrogens (tertiary/aromatic N) is 2. The van der Waals surface area contributed by atoms with E-state index in [9.17, 15) is 9.90 Å². The van der Waals surface area contributed by atoms with Crippen molar-refractivity contribution < 1.29 is 14.6 Å². The number of carbonyl (C=O) groups is 1. The molecule has 6 heteroatoms. The number of aliphatic carboxylic acids is 1. The molecule has 0 aromatic carbocycles. The molecule has 2 N–H and O–H groups in total. The van der Waals surface area contributed by atoms with Gasteiger partial charge in [0, 0.05) is 32.3 Å². The first kappa shape index (κ1) is 13.3. The van der Waals surface area contributed by atoms with Crippen LogP contribution in [-0.2, 0) is 9.53 Å². The smallest absolute Gasteiger partial charge is 0.329 e. The van der Waals surface area contributed by atoms with E-state index in [2.05, 4.69) is 16.4 Å². The summed E-state index contributed by atoms with van der Waals surface area (Å²) in [6, 6.07) is 3.78. The Morgan fingerprint density at radius 2 is 2.26 bits per heavy atom. The van der Waals surface area contributed by atoms with Crippen molar-refractivity contribution in [2.45, 2.75) is 25.3 Å². The van der Waals surface area contributed by atoms with E-state index in [4.69, 9.17) is 10.00 Å².